The SMILES string of the molecule is CCC(CC)c1nnc(-c2ccc(F)cc2)o1.N. The van der Waals surface area contributed by atoms with Crippen molar-refractivity contribution in [2.24, 2.45) is 0 Å². The Morgan fingerprint density at radius 3 is 2.28 bits per heavy atom. The van der Waals surface area contributed by atoms with Gasteiger partial charge in [-0.15, -0.1) is 10.2 Å². The first-order valence-electron chi connectivity index (χ1n) is 5.84. The molecule has 1 aromatic carbocycles. The van der Waals surface area contributed by atoms with Gasteiger partial charge in [-0.05, 0) is 37.1 Å². The lowest BCUT2D eigenvalue weighted by Crippen LogP contribution is -1.95. The number of halogens is 1. The maximum atomic E-state index is 12.8. The van der Waals surface area contributed by atoms with Crippen LogP contribution >= 0.6 is 0 Å². The summed E-state index contributed by atoms with van der Waals surface area (Å²) in [5, 5.41) is 8.04. The van der Waals surface area contributed by atoms with E-state index >= 15 is 0 Å². The predicted molar refractivity (Wildman–Crippen MR) is 68.0 cm³/mol. The van der Waals surface area contributed by atoms with Gasteiger partial charge in [0.2, 0.25) is 11.8 Å². The maximum Gasteiger partial charge on any atom is 0.247 e. The van der Waals surface area contributed by atoms with Crippen LogP contribution in [0.5, 0.6) is 0 Å². The Labute approximate surface area is 106 Å². The molecule has 98 valence electrons. The van der Waals surface area contributed by atoms with Crippen LogP contribution in [0.3, 0.4) is 0 Å². The molecule has 0 amide bonds. The molecular formula is C13H18FN3O. The molecule has 0 bridgehead atoms. The molecule has 0 aliphatic carbocycles. The van der Waals surface area contributed by atoms with Crippen LogP contribution in [0.1, 0.15) is 38.5 Å². The Morgan fingerprint density at radius 1 is 1.11 bits per heavy atom. The van der Waals surface area contributed by atoms with Crippen molar-refractivity contribution in [3.05, 3.63) is 36.0 Å². The van der Waals surface area contributed by atoms with E-state index in [0.29, 0.717) is 17.7 Å². The van der Waals surface area contributed by atoms with Crippen molar-refractivity contribution in [3.63, 3.8) is 0 Å². The Balaban J connectivity index is 0.00000162. The van der Waals surface area contributed by atoms with Crippen LogP contribution in [0.2, 0.25) is 0 Å². The first kappa shape index (κ1) is 14.3. The van der Waals surface area contributed by atoms with Gasteiger partial charge >= 0.3 is 0 Å². The van der Waals surface area contributed by atoms with Gasteiger partial charge in [-0.1, -0.05) is 13.8 Å². The van der Waals surface area contributed by atoms with E-state index in [1.54, 1.807) is 12.1 Å². The summed E-state index contributed by atoms with van der Waals surface area (Å²) in [6.07, 6.45) is 1.95. The predicted octanol–water partition coefficient (Wildman–Crippen LogP) is 3.94. The van der Waals surface area contributed by atoms with Crippen LogP contribution < -0.4 is 6.15 Å². The van der Waals surface area contributed by atoms with E-state index in [4.69, 9.17) is 4.42 Å². The van der Waals surface area contributed by atoms with Crippen molar-refractivity contribution < 1.29 is 8.81 Å². The average molecular weight is 251 g/mol. The third kappa shape index (κ3) is 2.92. The zero-order chi connectivity index (χ0) is 12.3. The molecule has 1 aromatic heterocycles. The minimum Gasteiger partial charge on any atom is -0.420 e. The summed E-state index contributed by atoms with van der Waals surface area (Å²) in [6.45, 7) is 4.19. The number of aromatic nitrogens is 2. The number of benzene rings is 1. The highest BCUT2D eigenvalue weighted by molar-refractivity contribution is 5.51. The fraction of sp³-hybridized carbons (Fsp3) is 0.385. The van der Waals surface area contributed by atoms with E-state index in [2.05, 4.69) is 24.0 Å². The average Bonchev–Trinajstić information content (AvgIpc) is 2.81. The van der Waals surface area contributed by atoms with Gasteiger partial charge in [0.25, 0.3) is 0 Å². The van der Waals surface area contributed by atoms with Crippen molar-refractivity contribution >= 4 is 0 Å². The molecule has 1 heterocycles. The summed E-state index contributed by atoms with van der Waals surface area (Å²) in [5.41, 5.74) is 0.746. The molecule has 4 nitrogen and oxygen atoms in total. The second-order valence-electron chi connectivity index (χ2n) is 3.97. The smallest absolute Gasteiger partial charge is 0.247 e. The van der Waals surface area contributed by atoms with Crippen LogP contribution in [-0.4, -0.2) is 10.2 Å². The molecule has 5 heteroatoms. The lowest BCUT2D eigenvalue weighted by molar-refractivity contribution is 0.439. The first-order chi connectivity index (χ1) is 8.24. The van der Waals surface area contributed by atoms with Gasteiger partial charge in [0.1, 0.15) is 5.82 Å². The van der Waals surface area contributed by atoms with E-state index in [9.17, 15) is 4.39 Å². The fourth-order valence-corrected chi connectivity index (χ4v) is 1.75. The minimum atomic E-state index is -0.270. The Bertz CT molecular complexity index is 477. The third-order valence-corrected chi connectivity index (χ3v) is 2.87. The number of hydrogen-bond acceptors (Lipinski definition) is 4. The van der Waals surface area contributed by atoms with Crippen LogP contribution in [0.25, 0.3) is 11.5 Å². The first-order valence-corrected chi connectivity index (χ1v) is 5.84. The second kappa shape index (κ2) is 6.26. The number of rotatable bonds is 4. The van der Waals surface area contributed by atoms with Gasteiger partial charge in [0, 0.05) is 11.5 Å². The van der Waals surface area contributed by atoms with E-state index in [1.165, 1.54) is 12.1 Å². The summed E-state index contributed by atoms with van der Waals surface area (Å²) >= 11 is 0. The molecule has 2 rings (SSSR count). The van der Waals surface area contributed by atoms with Crippen molar-refractivity contribution in [3.8, 4) is 11.5 Å². The summed E-state index contributed by atoms with van der Waals surface area (Å²) in [6, 6.07) is 6.05. The molecule has 0 saturated carbocycles. The van der Waals surface area contributed by atoms with Crippen LogP contribution in [-0.2, 0) is 0 Å². The minimum absolute atomic E-state index is 0. The summed E-state index contributed by atoms with van der Waals surface area (Å²) in [7, 11) is 0. The van der Waals surface area contributed by atoms with E-state index in [1.807, 2.05) is 0 Å². The highest BCUT2D eigenvalue weighted by atomic mass is 19.1. The van der Waals surface area contributed by atoms with Crippen molar-refractivity contribution in [1.29, 1.82) is 0 Å². The Morgan fingerprint density at radius 2 is 1.72 bits per heavy atom. The van der Waals surface area contributed by atoms with Gasteiger partial charge in [-0.25, -0.2) is 4.39 Å². The highest BCUT2D eigenvalue weighted by Gasteiger charge is 2.15. The monoisotopic (exact) mass is 251 g/mol. The van der Waals surface area contributed by atoms with Gasteiger partial charge in [-0.3, -0.25) is 0 Å². The Hall–Kier alpha value is -1.75. The fourth-order valence-electron chi connectivity index (χ4n) is 1.75. The van der Waals surface area contributed by atoms with E-state index in [-0.39, 0.29) is 12.0 Å². The number of hydrogen-bond donors (Lipinski definition) is 1. The summed E-state index contributed by atoms with van der Waals surface area (Å²) in [5.74, 6) is 1.14. The topological polar surface area (TPSA) is 73.9 Å². The summed E-state index contributed by atoms with van der Waals surface area (Å²) in [4.78, 5) is 0. The quantitative estimate of drug-likeness (QED) is 0.893. The molecule has 0 saturated heterocycles. The van der Waals surface area contributed by atoms with Crippen molar-refractivity contribution in [2.75, 3.05) is 0 Å². The molecule has 0 spiro atoms. The van der Waals surface area contributed by atoms with Gasteiger partial charge < -0.3 is 10.6 Å². The second-order valence-corrected chi connectivity index (χ2v) is 3.97. The molecule has 0 aliphatic heterocycles. The van der Waals surface area contributed by atoms with E-state index in [0.717, 1.165) is 18.4 Å². The zero-order valence-corrected chi connectivity index (χ0v) is 10.7. The Kier molecular flexibility index (Phi) is 4.97. The molecule has 0 unspecified atom stereocenters. The lowest BCUT2D eigenvalue weighted by Gasteiger charge is -2.04. The molecule has 3 N–H and O–H groups in total. The van der Waals surface area contributed by atoms with Crippen LogP contribution in [0, 0.1) is 5.82 Å². The summed E-state index contributed by atoms with van der Waals surface area (Å²) < 4.78 is 18.4. The van der Waals surface area contributed by atoms with Gasteiger partial charge in [0.05, 0.1) is 0 Å². The van der Waals surface area contributed by atoms with Crippen LogP contribution in [0.4, 0.5) is 4.39 Å². The molecule has 0 radical (unpaired) electrons. The normalized spacial score (nSPS) is 10.4. The lowest BCUT2D eigenvalue weighted by atomic mass is 10.0. The standard InChI is InChI=1S/C13H15FN2O.H3N/c1-3-9(4-2)12-15-16-13(17-12)10-5-7-11(14)8-6-10;/h5-9H,3-4H2,1-2H3;1H3. The van der Waals surface area contributed by atoms with Gasteiger partial charge in [-0.2, -0.15) is 0 Å². The van der Waals surface area contributed by atoms with Crippen LogP contribution in [0.15, 0.2) is 28.7 Å². The molecule has 18 heavy (non-hydrogen) atoms. The molecule has 0 fully saturated rings. The molecule has 2 aromatic rings. The zero-order valence-electron chi connectivity index (χ0n) is 10.7. The number of nitrogens with zero attached hydrogens (tertiary/aromatic N) is 2. The van der Waals surface area contributed by atoms with Gasteiger partial charge in [0.15, 0.2) is 0 Å². The van der Waals surface area contributed by atoms with Crippen molar-refractivity contribution in [2.45, 2.75) is 32.6 Å². The maximum absolute atomic E-state index is 12.8. The highest BCUT2D eigenvalue weighted by Crippen LogP contribution is 2.25. The largest absolute Gasteiger partial charge is 0.420 e. The van der Waals surface area contributed by atoms with E-state index < -0.39 is 0 Å². The molecule has 0 atom stereocenters. The molecular weight excluding hydrogens is 233 g/mol. The van der Waals surface area contributed by atoms with Crippen molar-refractivity contribution in [1.82, 2.24) is 16.3 Å². The molecule has 0 aliphatic rings. The third-order valence-electron chi connectivity index (χ3n) is 2.87.